The van der Waals surface area contributed by atoms with Gasteiger partial charge in [0.15, 0.2) is 0 Å². The highest BCUT2D eigenvalue weighted by atomic mass is 79.9. The van der Waals surface area contributed by atoms with Crippen LogP contribution in [0.1, 0.15) is 32.6 Å². The van der Waals surface area contributed by atoms with E-state index in [0.29, 0.717) is 12.0 Å². The first-order valence-electron chi connectivity index (χ1n) is 6.02. The van der Waals surface area contributed by atoms with Crippen LogP contribution in [0.15, 0.2) is 10.7 Å². The van der Waals surface area contributed by atoms with Gasteiger partial charge in [-0.05, 0) is 41.6 Å². The quantitative estimate of drug-likeness (QED) is 0.662. The van der Waals surface area contributed by atoms with Crippen LogP contribution in [0.2, 0.25) is 0 Å². The number of rotatable bonds is 3. The largest absolute Gasteiger partial charge is 0.353 e. The van der Waals surface area contributed by atoms with E-state index in [0.717, 1.165) is 23.3 Å². The topological polar surface area (TPSA) is 67.1 Å². The van der Waals surface area contributed by atoms with Crippen molar-refractivity contribution in [2.45, 2.75) is 38.6 Å². The van der Waals surface area contributed by atoms with Crippen LogP contribution < -0.4 is 16.2 Å². The van der Waals surface area contributed by atoms with Crippen molar-refractivity contribution in [1.29, 1.82) is 0 Å². The van der Waals surface area contributed by atoms with Crippen molar-refractivity contribution in [2.24, 2.45) is 5.84 Å². The lowest BCUT2D eigenvalue weighted by Gasteiger charge is -2.36. The predicted molar refractivity (Wildman–Crippen MR) is 72.8 cm³/mol. The van der Waals surface area contributed by atoms with E-state index in [1.165, 1.54) is 19.3 Å². The molecule has 0 radical (unpaired) electrons. The molecule has 1 atom stereocenters. The summed E-state index contributed by atoms with van der Waals surface area (Å²) in [7, 11) is 0. The molecular formula is C11H18BrN5. The molecule has 0 aromatic carbocycles. The Morgan fingerprint density at radius 1 is 1.59 bits per heavy atom. The monoisotopic (exact) mass is 299 g/mol. The van der Waals surface area contributed by atoms with Crippen molar-refractivity contribution < 1.29 is 0 Å². The minimum Gasteiger partial charge on any atom is -0.353 e. The number of nitrogens with two attached hydrogens (primary N) is 1. The molecule has 2 rings (SSSR count). The SMILES string of the molecule is CCC1CCCCN1c1nc(NN)ncc1Br. The van der Waals surface area contributed by atoms with Crippen molar-refractivity contribution in [3.63, 3.8) is 0 Å². The van der Waals surface area contributed by atoms with Crippen molar-refractivity contribution >= 4 is 27.7 Å². The molecule has 94 valence electrons. The number of halogens is 1. The van der Waals surface area contributed by atoms with Crippen molar-refractivity contribution in [2.75, 3.05) is 16.9 Å². The molecule has 0 saturated carbocycles. The molecule has 1 saturated heterocycles. The maximum absolute atomic E-state index is 5.36. The zero-order valence-electron chi connectivity index (χ0n) is 9.99. The van der Waals surface area contributed by atoms with Crippen LogP contribution in [0.25, 0.3) is 0 Å². The van der Waals surface area contributed by atoms with Gasteiger partial charge in [-0.2, -0.15) is 4.98 Å². The van der Waals surface area contributed by atoms with Crippen LogP contribution in [0.3, 0.4) is 0 Å². The fraction of sp³-hybridized carbons (Fsp3) is 0.636. The maximum Gasteiger partial charge on any atom is 0.239 e. The Bertz CT molecular complexity index is 384. The number of anilines is 2. The van der Waals surface area contributed by atoms with Crippen LogP contribution >= 0.6 is 15.9 Å². The normalized spacial score (nSPS) is 20.4. The Labute approximate surface area is 110 Å². The van der Waals surface area contributed by atoms with E-state index >= 15 is 0 Å². The molecule has 1 unspecified atom stereocenters. The zero-order valence-corrected chi connectivity index (χ0v) is 11.6. The minimum absolute atomic E-state index is 0.462. The summed E-state index contributed by atoms with van der Waals surface area (Å²) in [6, 6.07) is 0.570. The number of nitrogens with one attached hydrogen (secondary N) is 1. The molecule has 0 bridgehead atoms. The molecule has 1 aliphatic rings. The van der Waals surface area contributed by atoms with Gasteiger partial charge in [0.05, 0.1) is 4.47 Å². The smallest absolute Gasteiger partial charge is 0.239 e. The van der Waals surface area contributed by atoms with Gasteiger partial charge in [-0.25, -0.2) is 10.8 Å². The lowest BCUT2D eigenvalue weighted by atomic mass is 10.0. The summed E-state index contributed by atoms with van der Waals surface area (Å²) in [5.41, 5.74) is 2.50. The molecule has 17 heavy (non-hydrogen) atoms. The zero-order chi connectivity index (χ0) is 12.3. The second-order valence-corrected chi connectivity index (χ2v) is 5.12. The van der Waals surface area contributed by atoms with Crippen molar-refractivity contribution in [1.82, 2.24) is 9.97 Å². The second kappa shape index (κ2) is 5.64. The maximum atomic E-state index is 5.36. The molecule has 1 aliphatic heterocycles. The highest BCUT2D eigenvalue weighted by Gasteiger charge is 2.24. The third-order valence-electron chi connectivity index (χ3n) is 3.23. The van der Waals surface area contributed by atoms with Gasteiger partial charge in [-0.1, -0.05) is 6.92 Å². The molecule has 2 heterocycles. The average molecular weight is 300 g/mol. The lowest BCUT2D eigenvalue weighted by Crippen LogP contribution is -2.40. The van der Waals surface area contributed by atoms with Crippen molar-refractivity contribution in [3.05, 3.63) is 10.7 Å². The Balaban J connectivity index is 2.30. The third-order valence-corrected chi connectivity index (χ3v) is 3.78. The molecule has 0 spiro atoms. The van der Waals surface area contributed by atoms with Gasteiger partial charge >= 0.3 is 0 Å². The number of nitrogen functional groups attached to an aromatic ring is 1. The Morgan fingerprint density at radius 3 is 3.12 bits per heavy atom. The fourth-order valence-corrected chi connectivity index (χ4v) is 2.75. The van der Waals surface area contributed by atoms with Crippen LogP contribution in [0.5, 0.6) is 0 Å². The standard InChI is InChI=1S/C11H18BrN5/c1-2-8-5-3-4-6-17(8)10-9(12)7-14-11(15-10)16-13/h7-8H,2-6,13H2,1H3,(H,14,15,16). The van der Waals surface area contributed by atoms with Gasteiger partial charge in [0, 0.05) is 18.8 Å². The number of aromatic nitrogens is 2. The molecule has 5 nitrogen and oxygen atoms in total. The first-order chi connectivity index (χ1) is 8.26. The van der Waals surface area contributed by atoms with Crippen molar-refractivity contribution in [3.8, 4) is 0 Å². The highest BCUT2D eigenvalue weighted by Crippen LogP contribution is 2.30. The van der Waals surface area contributed by atoms with Gasteiger partial charge in [0.1, 0.15) is 5.82 Å². The van der Waals surface area contributed by atoms with E-state index in [9.17, 15) is 0 Å². The van der Waals surface area contributed by atoms with Crippen LogP contribution in [-0.2, 0) is 0 Å². The Hall–Kier alpha value is -0.880. The third kappa shape index (κ3) is 2.69. The summed E-state index contributed by atoms with van der Waals surface area (Å²) < 4.78 is 0.928. The minimum atomic E-state index is 0.462. The Morgan fingerprint density at radius 2 is 2.41 bits per heavy atom. The molecule has 1 aromatic heterocycles. The van der Waals surface area contributed by atoms with Crippen LogP contribution in [0, 0.1) is 0 Å². The van der Waals surface area contributed by atoms with Gasteiger partial charge in [0.2, 0.25) is 5.95 Å². The van der Waals surface area contributed by atoms with E-state index < -0.39 is 0 Å². The first-order valence-corrected chi connectivity index (χ1v) is 6.81. The van der Waals surface area contributed by atoms with E-state index in [2.05, 4.69) is 43.1 Å². The van der Waals surface area contributed by atoms with Gasteiger partial charge in [-0.3, -0.25) is 5.43 Å². The molecule has 6 heteroatoms. The summed E-state index contributed by atoms with van der Waals surface area (Å²) >= 11 is 3.52. The molecular weight excluding hydrogens is 282 g/mol. The molecule has 0 aliphatic carbocycles. The number of piperidine rings is 1. The average Bonchev–Trinajstić information content (AvgIpc) is 2.39. The van der Waals surface area contributed by atoms with Crippen LogP contribution in [-0.4, -0.2) is 22.6 Å². The molecule has 1 fully saturated rings. The van der Waals surface area contributed by atoms with Gasteiger partial charge < -0.3 is 4.90 Å². The number of nitrogens with zero attached hydrogens (tertiary/aromatic N) is 3. The highest BCUT2D eigenvalue weighted by molar-refractivity contribution is 9.10. The first kappa shape index (κ1) is 12.6. The van der Waals surface area contributed by atoms with Gasteiger partial charge in [0.25, 0.3) is 0 Å². The van der Waals surface area contributed by atoms with Gasteiger partial charge in [-0.15, -0.1) is 0 Å². The summed E-state index contributed by atoms with van der Waals surface area (Å²) in [4.78, 5) is 10.9. The molecule has 1 aromatic rings. The number of hydrazine groups is 1. The van der Waals surface area contributed by atoms with E-state index in [1.807, 2.05) is 0 Å². The molecule has 0 amide bonds. The number of hydrogen-bond donors (Lipinski definition) is 2. The summed E-state index contributed by atoms with van der Waals surface area (Å²) in [6.45, 7) is 3.28. The summed E-state index contributed by atoms with van der Waals surface area (Å²) in [6.07, 6.45) is 6.65. The van der Waals surface area contributed by atoms with Crippen LogP contribution in [0.4, 0.5) is 11.8 Å². The summed E-state index contributed by atoms with van der Waals surface area (Å²) in [5.74, 6) is 6.76. The predicted octanol–water partition coefficient (Wildman–Crippen LogP) is 2.29. The lowest BCUT2D eigenvalue weighted by molar-refractivity contribution is 0.446. The second-order valence-electron chi connectivity index (χ2n) is 4.26. The number of hydrogen-bond acceptors (Lipinski definition) is 5. The van der Waals surface area contributed by atoms with E-state index in [1.54, 1.807) is 6.20 Å². The molecule has 3 N–H and O–H groups in total. The van der Waals surface area contributed by atoms with E-state index in [4.69, 9.17) is 5.84 Å². The summed E-state index contributed by atoms with van der Waals surface area (Å²) in [5, 5.41) is 0. The Kier molecular flexibility index (Phi) is 4.17. The fourth-order valence-electron chi connectivity index (χ4n) is 2.33. The van der Waals surface area contributed by atoms with E-state index in [-0.39, 0.29) is 0 Å².